The van der Waals surface area contributed by atoms with Gasteiger partial charge in [0.15, 0.2) is 5.78 Å². The van der Waals surface area contributed by atoms with Crippen molar-refractivity contribution in [3.05, 3.63) is 65.1 Å². The van der Waals surface area contributed by atoms with E-state index >= 15 is 0 Å². The van der Waals surface area contributed by atoms with Gasteiger partial charge in [0, 0.05) is 39.2 Å². The molecule has 2 heterocycles. The number of aromatic nitrogens is 1. The summed E-state index contributed by atoms with van der Waals surface area (Å²) in [5.74, 6) is -0.161. The first kappa shape index (κ1) is 13.6. The molecule has 3 aromatic rings. The van der Waals surface area contributed by atoms with Crippen LogP contribution in [0.3, 0.4) is 0 Å². The number of para-hydroxylation sites is 1. The van der Waals surface area contributed by atoms with Gasteiger partial charge in [-0.15, -0.1) is 11.8 Å². The molecule has 0 saturated heterocycles. The highest BCUT2D eigenvalue weighted by Crippen LogP contribution is 2.46. The number of aromatic amines is 1. The lowest BCUT2D eigenvalue weighted by atomic mass is 9.99. The molecule has 1 aliphatic rings. The number of halogens is 1. The molecule has 0 radical (unpaired) electrons. The first-order valence-electron chi connectivity index (χ1n) is 7.19. The SMILES string of the molecule is Cc1cc2c(cc1F)SC(c1c[nH]c3ccccc13)CC2=O. The maximum absolute atomic E-state index is 13.8. The van der Waals surface area contributed by atoms with E-state index in [0.717, 1.165) is 21.4 Å². The van der Waals surface area contributed by atoms with Crippen LogP contribution in [0, 0.1) is 12.7 Å². The zero-order valence-corrected chi connectivity index (χ0v) is 12.8. The quantitative estimate of drug-likeness (QED) is 0.683. The van der Waals surface area contributed by atoms with Crippen molar-refractivity contribution in [2.24, 2.45) is 0 Å². The molecule has 1 aromatic heterocycles. The Kier molecular flexibility index (Phi) is 3.08. The minimum Gasteiger partial charge on any atom is -0.361 e. The number of rotatable bonds is 1. The van der Waals surface area contributed by atoms with Crippen LogP contribution in [0.15, 0.2) is 47.5 Å². The number of Topliss-reactive ketones (excluding diaryl/α,β-unsaturated/α-hetero) is 1. The molecule has 0 amide bonds. The minimum absolute atomic E-state index is 0.0262. The highest BCUT2D eigenvalue weighted by atomic mass is 32.2. The zero-order chi connectivity index (χ0) is 15.3. The van der Waals surface area contributed by atoms with Crippen LogP contribution in [0.5, 0.6) is 0 Å². The number of hydrogen-bond acceptors (Lipinski definition) is 2. The second-order valence-electron chi connectivity index (χ2n) is 5.62. The number of nitrogens with one attached hydrogen (secondary N) is 1. The monoisotopic (exact) mass is 311 g/mol. The topological polar surface area (TPSA) is 32.9 Å². The summed E-state index contributed by atoms with van der Waals surface area (Å²) in [6.07, 6.45) is 2.41. The number of aryl methyl sites for hydroxylation is 1. The van der Waals surface area contributed by atoms with Crippen molar-refractivity contribution in [1.29, 1.82) is 0 Å². The molecule has 22 heavy (non-hydrogen) atoms. The van der Waals surface area contributed by atoms with E-state index in [1.807, 2.05) is 24.4 Å². The molecule has 2 nitrogen and oxygen atoms in total. The van der Waals surface area contributed by atoms with Gasteiger partial charge in [0.1, 0.15) is 5.82 Å². The molecule has 1 aliphatic heterocycles. The van der Waals surface area contributed by atoms with Gasteiger partial charge in [0.05, 0.1) is 0 Å². The second-order valence-corrected chi connectivity index (χ2v) is 6.87. The molecule has 2 aromatic carbocycles. The van der Waals surface area contributed by atoms with Crippen LogP contribution < -0.4 is 0 Å². The van der Waals surface area contributed by atoms with E-state index in [2.05, 4.69) is 11.1 Å². The third-order valence-corrected chi connectivity index (χ3v) is 5.47. The lowest BCUT2D eigenvalue weighted by Gasteiger charge is -2.23. The predicted molar refractivity (Wildman–Crippen MR) is 87.0 cm³/mol. The van der Waals surface area contributed by atoms with E-state index in [9.17, 15) is 9.18 Å². The summed E-state index contributed by atoms with van der Waals surface area (Å²) in [6.45, 7) is 1.69. The highest BCUT2D eigenvalue weighted by molar-refractivity contribution is 7.99. The van der Waals surface area contributed by atoms with E-state index < -0.39 is 0 Å². The molecule has 4 heteroatoms. The lowest BCUT2D eigenvalue weighted by Crippen LogP contribution is -2.13. The second kappa shape index (κ2) is 4.99. The minimum atomic E-state index is -0.251. The highest BCUT2D eigenvalue weighted by Gasteiger charge is 2.29. The molecule has 1 unspecified atom stereocenters. The average Bonchev–Trinajstić information content (AvgIpc) is 2.93. The van der Waals surface area contributed by atoms with Gasteiger partial charge in [-0.25, -0.2) is 4.39 Å². The number of ketones is 1. The molecular formula is C18H14FNOS. The largest absolute Gasteiger partial charge is 0.361 e. The fourth-order valence-corrected chi connectivity index (χ4v) is 4.32. The van der Waals surface area contributed by atoms with Crippen LogP contribution in [-0.4, -0.2) is 10.8 Å². The standard InChI is InChI=1S/C18H14FNOS/c1-10-6-12-16(21)8-18(22-17(12)7-14(10)19)13-9-20-15-5-3-2-4-11(13)15/h2-7,9,18,20H,8H2,1H3. The Balaban J connectivity index is 1.79. The van der Waals surface area contributed by atoms with Crippen LogP contribution in [-0.2, 0) is 0 Å². The number of benzene rings is 2. The Bertz CT molecular complexity index is 899. The Hall–Kier alpha value is -2.07. The summed E-state index contributed by atoms with van der Waals surface area (Å²) in [5.41, 5.74) is 3.35. The molecule has 4 rings (SSSR count). The van der Waals surface area contributed by atoms with Gasteiger partial charge in [0.25, 0.3) is 0 Å². The molecule has 110 valence electrons. The van der Waals surface area contributed by atoms with Crippen molar-refractivity contribution < 1.29 is 9.18 Å². The molecule has 0 fully saturated rings. The Morgan fingerprint density at radius 1 is 1.27 bits per heavy atom. The van der Waals surface area contributed by atoms with Crippen molar-refractivity contribution in [3.8, 4) is 0 Å². The fraction of sp³-hybridized carbons (Fsp3) is 0.167. The van der Waals surface area contributed by atoms with Crippen LogP contribution >= 0.6 is 11.8 Å². The number of carbonyl (C=O) groups is 1. The Labute approximate surface area is 131 Å². The van der Waals surface area contributed by atoms with Crippen molar-refractivity contribution in [2.45, 2.75) is 23.5 Å². The molecular weight excluding hydrogens is 297 g/mol. The normalized spacial score (nSPS) is 17.7. The van der Waals surface area contributed by atoms with Crippen molar-refractivity contribution in [1.82, 2.24) is 4.98 Å². The first-order valence-corrected chi connectivity index (χ1v) is 8.07. The molecule has 0 saturated carbocycles. The maximum Gasteiger partial charge on any atom is 0.165 e. The number of fused-ring (bicyclic) bond motifs is 2. The van der Waals surface area contributed by atoms with Gasteiger partial charge in [0.2, 0.25) is 0 Å². The third kappa shape index (κ3) is 2.06. The predicted octanol–water partition coefficient (Wildman–Crippen LogP) is 5.04. The van der Waals surface area contributed by atoms with Crippen molar-refractivity contribution in [2.75, 3.05) is 0 Å². The molecule has 0 spiro atoms. The summed E-state index contributed by atoms with van der Waals surface area (Å²) < 4.78 is 13.8. The molecule has 1 N–H and O–H groups in total. The van der Waals surface area contributed by atoms with E-state index in [1.165, 1.54) is 6.07 Å². The van der Waals surface area contributed by atoms with Gasteiger partial charge in [-0.2, -0.15) is 0 Å². The smallest absolute Gasteiger partial charge is 0.165 e. The zero-order valence-electron chi connectivity index (χ0n) is 12.0. The van der Waals surface area contributed by atoms with E-state index in [-0.39, 0.29) is 16.9 Å². The van der Waals surface area contributed by atoms with E-state index in [4.69, 9.17) is 0 Å². The van der Waals surface area contributed by atoms with Crippen LogP contribution in [0.25, 0.3) is 10.9 Å². The summed E-state index contributed by atoms with van der Waals surface area (Å²) in [4.78, 5) is 16.4. The molecule has 1 atom stereocenters. The van der Waals surface area contributed by atoms with Gasteiger partial charge >= 0.3 is 0 Å². The van der Waals surface area contributed by atoms with Gasteiger partial charge in [-0.05, 0) is 36.2 Å². The number of carbonyl (C=O) groups excluding carboxylic acids is 1. The summed E-state index contributed by atoms with van der Waals surface area (Å²) in [5, 5.41) is 1.15. The van der Waals surface area contributed by atoms with E-state index in [1.54, 1.807) is 24.8 Å². The summed E-state index contributed by atoms with van der Waals surface area (Å²) in [7, 11) is 0. The van der Waals surface area contributed by atoms with Crippen LogP contribution in [0.2, 0.25) is 0 Å². The van der Waals surface area contributed by atoms with Gasteiger partial charge in [-0.3, -0.25) is 4.79 Å². The summed E-state index contributed by atoms with van der Waals surface area (Å²) in [6, 6.07) is 11.2. The number of thioether (sulfide) groups is 1. The fourth-order valence-electron chi connectivity index (χ4n) is 2.99. The van der Waals surface area contributed by atoms with Crippen LogP contribution in [0.1, 0.15) is 33.2 Å². The van der Waals surface area contributed by atoms with Crippen molar-refractivity contribution >= 4 is 28.4 Å². The van der Waals surface area contributed by atoms with E-state index in [0.29, 0.717) is 17.5 Å². The Morgan fingerprint density at radius 2 is 2.09 bits per heavy atom. The molecule has 0 bridgehead atoms. The maximum atomic E-state index is 13.8. The van der Waals surface area contributed by atoms with Crippen LogP contribution in [0.4, 0.5) is 4.39 Å². The average molecular weight is 311 g/mol. The number of hydrogen-bond donors (Lipinski definition) is 1. The Morgan fingerprint density at radius 3 is 2.95 bits per heavy atom. The van der Waals surface area contributed by atoms with Crippen molar-refractivity contribution in [3.63, 3.8) is 0 Å². The lowest BCUT2D eigenvalue weighted by molar-refractivity contribution is 0.0976. The molecule has 0 aliphatic carbocycles. The number of H-pyrrole nitrogens is 1. The third-order valence-electron chi connectivity index (χ3n) is 4.17. The first-order chi connectivity index (χ1) is 10.6. The van der Waals surface area contributed by atoms with Gasteiger partial charge in [-0.1, -0.05) is 18.2 Å². The summed E-state index contributed by atoms with van der Waals surface area (Å²) >= 11 is 1.58. The van der Waals surface area contributed by atoms with Gasteiger partial charge < -0.3 is 4.98 Å².